The van der Waals surface area contributed by atoms with Gasteiger partial charge in [0.1, 0.15) is 5.82 Å². The summed E-state index contributed by atoms with van der Waals surface area (Å²) >= 11 is 0. The van der Waals surface area contributed by atoms with E-state index in [4.69, 9.17) is 5.73 Å². The van der Waals surface area contributed by atoms with E-state index in [0.29, 0.717) is 5.92 Å². The van der Waals surface area contributed by atoms with E-state index in [2.05, 4.69) is 24.3 Å². The van der Waals surface area contributed by atoms with Crippen LogP contribution in [-0.2, 0) is 7.05 Å². The smallest absolute Gasteiger partial charge is 0.124 e. The molecule has 0 radical (unpaired) electrons. The van der Waals surface area contributed by atoms with Crippen LogP contribution in [0.25, 0.3) is 0 Å². The van der Waals surface area contributed by atoms with Crippen LogP contribution in [0.3, 0.4) is 0 Å². The van der Waals surface area contributed by atoms with Crippen LogP contribution in [0.1, 0.15) is 19.5 Å². The first-order chi connectivity index (χ1) is 6.50. The Morgan fingerprint density at radius 1 is 1.57 bits per heavy atom. The van der Waals surface area contributed by atoms with Gasteiger partial charge in [-0.05, 0) is 12.8 Å². The Labute approximate surface area is 85.5 Å². The molecule has 0 aliphatic carbocycles. The third-order valence-electron chi connectivity index (χ3n) is 2.38. The van der Waals surface area contributed by atoms with E-state index in [0.717, 1.165) is 18.1 Å². The highest BCUT2D eigenvalue weighted by Crippen LogP contribution is 2.08. The van der Waals surface area contributed by atoms with E-state index < -0.39 is 0 Å². The summed E-state index contributed by atoms with van der Waals surface area (Å²) in [7, 11) is 1.93. The van der Waals surface area contributed by atoms with Crippen molar-refractivity contribution in [3.63, 3.8) is 0 Å². The maximum Gasteiger partial charge on any atom is 0.124 e. The Kier molecular flexibility index (Phi) is 3.52. The molecule has 0 aromatic carbocycles. The minimum atomic E-state index is 0.185. The molecule has 80 valence electrons. The first kappa shape index (κ1) is 11.0. The van der Waals surface area contributed by atoms with Gasteiger partial charge in [-0.1, -0.05) is 13.8 Å². The zero-order chi connectivity index (χ0) is 10.7. The minimum Gasteiger partial charge on any atom is -0.369 e. The molecular weight excluding hydrogens is 176 g/mol. The first-order valence-corrected chi connectivity index (χ1v) is 5.00. The van der Waals surface area contributed by atoms with Gasteiger partial charge in [0.2, 0.25) is 0 Å². The summed E-state index contributed by atoms with van der Waals surface area (Å²) in [6.07, 6.45) is 0. The number of aryl methyl sites for hydroxylation is 2. The van der Waals surface area contributed by atoms with Crippen molar-refractivity contribution >= 4 is 5.82 Å². The number of aromatic nitrogens is 2. The van der Waals surface area contributed by atoms with E-state index in [-0.39, 0.29) is 6.04 Å². The summed E-state index contributed by atoms with van der Waals surface area (Å²) in [5.74, 6) is 1.52. The van der Waals surface area contributed by atoms with E-state index in [1.807, 2.05) is 24.7 Å². The first-order valence-electron chi connectivity index (χ1n) is 5.00. The lowest BCUT2D eigenvalue weighted by molar-refractivity contribution is 0.510. The van der Waals surface area contributed by atoms with Crippen molar-refractivity contribution in [2.45, 2.75) is 26.8 Å². The summed E-state index contributed by atoms with van der Waals surface area (Å²) in [5, 5.41) is 7.54. The fraction of sp³-hybridized carbons (Fsp3) is 0.700. The van der Waals surface area contributed by atoms with E-state index in [9.17, 15) is 0 Å². The number of anilines is 1. The molecule has 1 aromatic heterocycles. The van der Waals surface area contributed by atoms with Gasteiger partial charge >= 0.3 is 0 Å². The van der Waals surface area contributed by atoms with Crippen LogP contribution in [0.4, 0.5) is 5.82 Å². The summed E-state index contributed by atoms with van der Waals surface area (Å²) in [6.45, 7) is 7.02. The lowest BCUT2D eigenvalue weighted by Crippen LogP contribution is -2.34. The standard InChI is InChI=1S/C10H20N4/c1-7(2)9(11)6-12-10-5-8(3)13-14(10)4/h5,7,9,12H,6,11H2,1-4H3/t9-/m1/s1. The predicted molar refractivity (Wildman–Crippen MR) is 59.2 cm³/mol. The fourth-order valence-electron chi connectivity index (χ4n) is 1.23. The second kappa shape index (κ2) is 4.46. The van der Waals surface area contributed by atoms with Crippen LogP contribution in [0, 0.1) is 12.8 Å². The van der Waals surface area contributed by atoms with Crippen molar-refractivity contribution < 1.29 is 0 Å². The van der Waals surface area contributed by atoms with Gasteiger partial charge in [-0.3, -0.25) is 4.68 Å². The molecule has 14 heavy (non-hydrogen) atoms. The molecule has 1 heterocycles. The maximum absolute atomic E-state index is 5.93. The Bertz CT molecular complexity index is 290. The Morgan fingerprint density at radius 3 is 2.64 bits per heavy atom. The summed E-state index contributed by atoms with van der Waals surface area (Å²) in [5.41, 5.74) is 6.95. The molecule has 0 bridgehead atoms. The molecule has 0 spiro atoms. The summed E-state index contributed by atoms with van der Waals surface area (Å²) in [6, 6.07) is 2.21. The van der Waals surface area contributed by atoms with Crippen molar-refractivity contribution in [2.75, 3.05) is 11.9 Å². The predicted octanol–water partition coefficient (Wildman–Crippen LogP) is 1.12. The van der Waals surface area contributed by atoms with E-state index >= 15 is 0 Å². The molecule has 3 N–H and O–H groups in total. The summed E-state index contributed by atoms with van der Waals surface area (Å²) < 4.78 is 1.84. The van der Waals surface area contributed by atoms with Crippen molar-refractivity contribution in [3.8, 4) is 0 Å². The number of nitrogens with zero attached hydrogens (tertiary/aromatic N) is 2. The number of nitrogens with two attached hydrogens (primary N) is 1. The number of rotatable bonds is 4. The van der Waals surface area contributed by atoms with Crippen molar-refractivity contribution in [2.24, 2.45) is 18.7 Å². The maximum atomic E-state index is 5.93. The molecule has 4 nitrogen and oxygen atoms in total. The molecule has 0 saturated heterocycles. The molecule has 1 aromatic rings. The molecule has 1 atom stereocenters. The average Bonchev–Trinajstić information content (AvgIpc) is 2.40. The molecule has 0 unspecified atom stereocenters. The monoisotopic (exact) mass is 196 g/mol. The highest BCUT2D eigenvalue weighted by atomic mass is 15.3. The zero-order valence-corrected chi connectivity index (χ0v) is 9.41. The Hall–Kier alpha value is -1.03. The average molecular weight is 196 g/mol. The molecular formula is C10H20N4. The van der Waals surface area contributed by atoms with Crippen LogP contribution in [-0.4, -0.2) is 22.4 Å². The second-order valence-electron chi connectivity index (χ2n) is 4.08. The normalized spacial score (nSPS) is 13.3. The van der Waals surface area contributed by atoms with Crippen LogP contribution >= 0.6 is 0 Å². The number of nitrogens with one attached hydrogen (secondary N) is 1. The summed E-state index contributed by atoms with van der Waals surface area (Å²) in [4.78, 5) is 0. The topological polar surface area (TPSA) is 55.9 Å². The highest BCUT2D eigenvalue weighted by Gasteiger charge is 2.08. The van der Waals surface area contributed by atoms with Gasteiger partial charge < -0.3 is 11.1 Å². The van der Waals surface area contributed by atoms with Crippen molar-refractivity contribution in [3.05, 3.63) is 11.8 Å². The highest BCUT2D eigenvalue weighted by molar-refractivity contribution is 5.36. The quantitative estimate of drug-likeness (QED) is 0.759. The molecule has 0 aliphatic heterocycles. The van der Waals surface area contributed by atoms with Crippen LogP contribution < -0.4 is 11.1 Å². The SMILES string of the molecule is Cc1cc(NC[C@@H](N)C(C)C)n(C)n1. The molecule has 0 saturated carbocycles. The molecule has 0 aliphatic rings. The largest absolute Gasteiger partial charge is 0.369 e. The van der Waals surface area contributed by atoms with Crippen molar-refractivity contribution in [1.29, 1.82) is 0 Å². The molecule has 1 rings (SSSR count). The van der Waals surface area contributed by atoms with Crippen LogP contribution in [0.5, 0.6) is 0 Å². The van der Waals surface area contributed by atoms with Gasteiger partial charge in [-0.15, -0.1) is 0 Å². The van der Waals surface area contributed by atoms with Crippen LogP contribution in [0.2, 0.25) is 0 Å². The number of hydrogen-bond donors (Lipinski definition) is 2. The number of hydrogen-bond acceptors (Lipinski definition) is 3. The molecule has 0 amide bonds. The van der Waals surface area contributed by atoms with Gasteiger partial charge in [0.05, 0.1) is 5.69 Å². The van der Waals surface area contributed by atoms with Gasteiger partial charge in [-0.2, -0.15) is 5.10 Å². The van der Waals surface area contributed by atoms with Crippen LogP contribution in [0.15, 0.2) is 6.07 Å². The van der Waals surface area contributed by atoms with E-state index in [1.54, 1.807) is 0 Å². The second-order valence-corrected chi connectivity index (χ2v) is 4.08. The van der Waals surface area contributed by atoms with Gasteiger partial charge in [-0.25, -0.2) is 0 Å². The van der Waals surface area contributed by atoms with Crippen molar-refractivity contribution in [1.82, 2.24) is 9.78 Å². The fourth-order valence-corrected chi connectivity index (χ4v) is 1.23. The van der Waals surface area contributed by atoms with Gasteiger partial charge in [0, 0.05) is 25.7 Å². The lowest BCUT2D eigenvalue weighted by Gasteiger charge is -2.16. The minimum absolute atomic E-state index is 0.185. The third kappa shape index (κ3) is 2.73. The van der Waals surface area contributed by atoms with Gasteiger partial charge in [0.15, 0.2) is 0 Å². The lowest BCUT2D eigenvalue weighted by atomic mass is 10.1. The Balaban J connectivity index is 2.49. The molecule has 0 fully saturated rings. The van der Waals surface area contributed by atoms with E-state index in [1.165, 1.54) is 0 Å². The third-order valence-corrected chi connectivity index (χ3v) is 2.38. The molecule has 4 heteroatoms. The zero-order valence-electron chi connectivity index (χ0n) is 9.41. The van der Waals surface area contributed by atoms with Gasteiger partial charge in [0.25, 0.3) is 0 Å². The Morgan fingerprint density at radius 2 is 2.21 bits per heavy atom.